The van der Waals surface area contributed by atoms with Crippen molar-refractivity contribution in [1.82, 2.24) is 20.0 Å². The number of hydrogen-bond acceptors (Lipinski definition) is 7. The number of rotatable bonds is 7. The minimum atomic E-state index is -0.278. The summed E-state index contributed by atoms with van der Waals surface area (Å²) in [5.41, 5.74) is 5.57. The van der Waals surface area contributed by atoms with Gasteiger partial charge in [-0.3, -0.25) is 4.79 Å². The highest BCUT2D eigenvalue weighted by Crippen LogP contribution is 2.35. The molecule has 0 fully saturated rings. The summed E-state index contributed by atoms with van der Waals surface area (Å²) >= 11 is 1.51. The van der Waals surface area contributed by atoms with E-state index in [1.54, 1.807) is 11.8 Å². The third kappa shape index (κ3) is 4.44. The van der Waals surface area contributed by atoms with Crippen LogP contribution in [0.2, 0.25) is 0 Å². The molecule has 2 heterocycles. The molecule has 0 aliphatic rings. The summed E-state index contributed by atoms with van der Waals surface area (Å²) in [6.07, 6.45) is 0.943. The predicted molar refractivity (Wildman–Crippen MR) is 120 cm³/mol. The molecule has 0 unspecified atom stereocenters. The topological polar surface area (TPSA) is 79.1 Å². The van der Waals surface area contributed by atoms with Gasteiger partial charge in [0.15, 0.2) is 0 Å². The molecule has 0 spiro atoms. The molecule has 0 N–H and O–H groups in total. The summed E-state index contributed by atoms with van der Waals surface area (Å²) in [7, 11) is 3.50. The van der Waals surface area contributed by atoms with E-state index in [0.29, 0.717) is 0 Å². The highest BCUT2D eigenvalue weighted by molar-refractivity contribution is 7.15. The number of aryl methyl sites for hydroxylation is 3. The fourth-order valence-corrected chi connectivity index (χ4v) is 4.58. The summed E-state index contributed by atoms with van der Waals surface area (Å²) in [5, 5.41) is 8.95. The van der Waals surface area contributed by atoms with E-state index in [2.05, 4.69) is 10.3 Å². The normalized spacial score (nSPS) is 11.1. The first-order valence-electron chi connectivity index (χ1n) is 10.1. The smallest absolute Gasteiger partial charge is 0.311 e. The van der Waals surface area contributed by atoms with E-state index < -0.39 is 0 Å². The zero-order valence-corrected chi connectivity index (χ0v) is 18.8. The van der Waals surface area contributed by atoms with Gasteiger partial charge in [-0.15, -0.1) is 16.4 Å². The number of esters is 1. The molecule has 31 heavy (non-hydrogen) atoms. The molecule has 0 saturated heterocycles. The minimum Gasteiger partial charge on any atom is -0.496 e. The largest absolute Gasteiger partial charge is 0.496 e. The van der Waals surface area contributed by atoms with E-state index >= 15 is 0 Å². The lowest BCUT2D eigenvalue weighted by molar-refractivity contribution is -0.144. The molecule has 4 rings (SSSR count). The Morgan fingerprint density at radius 1 is 1.19 bits per heavy atom. The third-order valence-electron chi connectivity index (χ3n) is 5.08. The van der Waals surface area contributed by atoms with Gasteiger partial charge in [0.2, 0.25) is 0 Å². The Labute approximate surface area is 184 Å². The van der Waals surface area contributed by atoms with Crippen LogP contribution in [0.1, 0.15) is 28.6 Å². The molecule has 160 valence electrons. The Kier molecular flexibility index (Phi) is 5.99. The van der Waals surface area contributed by atoms with Gasteiger partial charge in [-0.05, 0) is 48.7 Å². The van der Waals surface area contributed by atoms with Gasteiger partial charge in [0.1, 0.15) is 22.9 Å². The maximum Gasteiger partial charge on any atom is 0.311 e. The molecule has 2 aromatic heterocycles. The highest BCUT2D eigenvalue weighted by atomic mass is 32.1. The standard InChI is InChI=1S/C23H24N4O3S/c1-5-17-21(31-23(24-17)16-8-6-14(2)10-20(16)29-4)12-22(28)30-13-15-7-9-19-18(11-15)25-26-27(19)3/h6-11H,5,12-13H2,1-4H3. The summed E-state index contributed by atoms with van der Waals surface area (Å²) in [6, 6.07) is 11.8. The first kappa shape index (κ1) is 21.0. The molecule has 0 bridgehead atoms. The zero-order chi connectivity index (χ0) is 22.0. The Hall–Kier alpha value is -3.26. The maximum atomic E-state index is 12.5. The summed E-state index contributed by atoms with van der Waals surface area (Å²) in [4.78, 5) is 18.2. The number of carbonyl (C=O) groups excluding carboxylic acids is 1. The van der Waals surface area contributed by atoms with Crippen LogP contribution in [-0.4, -0.2) is 33.1 Å². The van der Waals surface area contributed by atoms with Gasteiger partial charge in [0.05, 0.1) is 30.3 Å². The van der Waals surface area contributed by atoms with Gasteiger partial charge in [0.25, 0.3) is 0 Å². The SMILES string of the molecule is CCc1nc(-c2ccc(C)cc2OC)sc1CC(=O)OCc1ccc2c(c1)nnn2C. The van der Waals surface area contributed by atoms with Crippen molar-refractivity contribution in [2.24, 2.45) is 7.05 Å². The van der Waals surface area contributed by atoms with E-state index in [1.165, 1.54) is 11.3 Å². The molecule has 0 atom stereocenters. The van der Waals surface area contributed by atoms with Gasteiger partial charge in [-0.25, -0.2) is 9.67 Å². The van der Waals surface area contributed by atoms with Crippen molar-refractivity contribution in [3.05, 3.63) is 58.1 Å². The number of fused-ring (bicyclic) bond motifs is 1. The quantitative estimate of drug-likeness (QED) is 0.403. The van der Waals surface area contributed by atoms with Crippen LogP contribution in [-0.2, 0) is 36.0 Å². The van der Waals surface area contributed by atoms with Crippen molar-refractivity contribution in [3.63, 3.8) is 0 Å². The number of ether oxygens (including phenoxy) is 2. The molecule has 4 aromatic rings. The summed E-state index contributed by atoms with van der Waals surface area (Å²) in [6.45, 7) is 4.26. The van der Waals surface area contributed by atoms with Gasteiger partial charge in [0, 0.05) is 11.9 Å². The number of benzene rings is 2. The monoisotopic (exact) mass is 436 g/mol. The van der Waals surface area contributed by atoms with E-state index in [-0.39, 0.29) is 19.0 Å². The van der Waals surface area contributed by atoms with Crippen molar-refractivity contribution in [1.29, 1.82) is 0 Å². The van der Waals surface area contributed by atoms with Gasteiger partial charge >= 0.3 is 5.97 Å². The molecule has 0 radical (unpaired) electrons. The molecule has 8 heteroatoms. The van der Waals surface area contributed by atoms with Crippen molar-refractivity contribution in [2.45, 2.75) is 33.3 Å². The Morgan fingerprint density at radius 3 is 2.81 bits per heavy atom. The second kappa shape index (κ2) is 8.85. The second-order valence-corrected chi connectivity index (χ2v) is 8.40. The number of hydrogen-bond donors (Lipinski definition) is 0. The minimum absolute atomic E-state index is 0.197. The van der Waals surface area contributed by atoms with Crippen LogP contribution in [0.4, 0.5) is 0 Å². The molecule has 7 nitrogen and oxygen atoms in total. The average molecular weight is 437 g/mol. The molecular formula is C23H24N4O3S. The molecular weight excluding hydrogens is 412 g/mol. The summed E-state index contributed by atoms with van der Waals surface area (Å²) < 4.78 is 12.8. The van der Waals surface area contributed by atoms with E-state index in [9.17, 15) is 4.79 Å². The number of methoxy groups -OCH3 is 1. The lowest BCUT2D eigenvalue weighted by atomic mass is 10.1. The van der Waals surface area contributed by atoms with E-state index in [4.69, 9.17) is 14.5 Å². The number of thiazole rings is 1. The Bertz CT molecular complexity index is 1250. The van der Waals surface area contributed by atoms with Crippen LogP contribution >= 0.6 is 11.3 Å². The van der Waals surface area contributed by atoms with Crippen molar-refractivity contribution in [3.8, 4) is 16.3 Å². The van der Waals surface area contributed by atoms with Crippen LogP contribution in [0.15, 0.2) is 36.4 Å². The average Bonchev–Trinajstić information content (AvgIpc) is 3.35. The molecule has 0 aliphatic heterocycles. The fourth-order valence-electron chi connectivity index (χ4n) is 3.41. The molecule has 0 amide bonds. The van der Waals surface area contributed by atoms with Crippen molar-refractivity contribution in [2.75, 3.05) is 7.11 Å². The van der Waals surface area contributed by atoms with E-state index in [1.807, 2.05) is 57.3 Å². The lowest BCUT2D eigenvalue weighted by Gasteiger charge is -2.06. The number of carbonyl (C=O) groups is 1. The summed E-state index contributed by atoms with van der Waals surface area (Å²) in [5.74, 6) is 0.505. The molecule has 0 aliphatic carbocycles. The maximum absolute atomic E-state index is 12.5. The third-order valence-corrected chi connectivity index (χ3v) is 6.21. The van der Waals surface area contributed by atoms with Crippen LogP contribution in [0.25, 0.3) is 21.6 Å². The lowest BCUT2D eigenvalue weighted by Crippen LogP contribution is -2.08. The van der Waals surface area contributed by atoms with Crippen molar-refractivity contribution >= 4 is 28.3 Å². The Balaban J connectivity index is 1.47. The van der Waals surface area contributed by atoms with Gasteiger partial charge in [-0.2, -0.15) is 0 Å². The zero-order valence-electron chi connectivity index (χ0n) is 18.0. The first-order chi connectivity index (χ1) is 15.0. The highest BCUT2D eigenvalue weighted by Gasteiger charge is 2.18. The van der Waals surface area contributed by atoms with Crippen molar-refractivity contribution < 1.29 is 14.3 Å². The number of nitrogens with zero attached hydrogens (tertiary/aromatic N) is 4. The first-order valence-corrected chi connectivity index (χ1v) is 10.9. The van der Waals surface area contributed by atoms with Crippen LogP contribution in [0.5, 0.6) is 5.75 Å². The van der Waals surface area contributed by atoms with Gasteiger partial charge in [-0.1, -0.05) is 24.3 Å². The van der Waals surface area contributed by atoms with Crippen LogP contribution in [0, 0.1) is 6.92 Å². The second-order valence-electron chi connectivity index (χ2n) is 7.32. The predicted octanol–water partition coefficient (Wildman–Crippen LogP) is 4.26. The molecule has 2 aromatic carbocycles. The number of aromatic nitrogens is 4. The fraction of sp³-hybridized carbons (Fsp3) is 0.304. The Morgan fingerprint density at radius 2 is 2.03 bits per heavy atom. The van der Waals surface area contributed by atoms with E-state index in [0.717, 1.165) is 55.5 Å². The van der Waals surface area contributed by atoms with Gasteiger partial charge < -0.3 is 9.47 Å². The van der Waals surface area contributed by atoms with Crippen LogP contribution in [0.3, 0.4) is 0 Å². The van der Waals surface area contributed by atoms with Crippen LogP contribution < -0.4 is 4.74 Å². The molecule has 0 saturated carbocycles.